The van der Waals surface area contributed by atoms with Crippen LogP contribution < -0.4 is 5.32 Å². The monoisotopic (exact) mass is 408 g/mol. The Hall–Kier alpha value is -0.620. The minimum atomic E-state index is -1.68. The number of unbranched alkanes of at least 4 members (excludes halogenated alkanes) is 3. The van der Waals surface area contributed by atoms with Gasteiger partial charge in [-0.2, -0.15) is 0 Å². The van der Waals surface area contributed by atoms with Crippen molar-refractivity contribution in [2.45, 2.75) is 53.4 Å². The lowest BCUT2D eigenvalue weighted by molar-refractivity contribution is -0.121. The van der Waals surface area contributed by atoms with Crippen LogP contribution in [0.4, 0.5) is 0 Å². The van der Waals surface area contributed by atoms with Crippen LogP contribution >= 0.6 is 46.6 Å². The number of carbonyl (C=O) groups is 1. The number of oxazole rings is 1. The Balaban J connectivity index is 1.99. The molecule has 132 valence electrons. The van der Waals surface area contributed by atoms with Crippen molar-refractivity contribution in [2.75, 3.05) is 0 Å². The first-order chi connectivity index (χ1) is 11.4. The molecule has 1 heterocycles. The van der Waals surface area contributed by atoms with Gasteiger partial charge in [0.15, 0.2) is 5.58 Å². The van der Waals surface area contributed by atoms with Crippen molar-refractivity contribution in [1.29, 1.82) is 0 Å². The molecule has 0 aliphatic carbocycles. The highest BCUT2D eigenvalue weighted by Crippen LogP contribution is 2.39. The lowest BCUT2D eigenvalue weighted by atomic mass is 10.1. The molecular weight excluding hydrogens is 391 g/mol. The Bertz CT molecular complexity index is 640. The number of nitrogens with zero attached hydrogens (tertiary/aromatic N) is 1. The molecular formula is C16H19Cl3N2O2S. The molecule has 0 spiro atoms. The van der Waals surface area contributed by atoms with Gasteiger partial charge in [0.1, 0.15) is 10.9 Å². The normalized spacial score (nSPS) is 13.2. The van der Waals surface area contributed by atoms with Crippen molar-refractivity contribution < 1.29 is 9.21 Å². The average Bonchev–Trinajstić information content (AvgIpc) is 2.92. The summed E-state index contributed by atoms with van der Waals surface area (Å²) in [5, 5.41) is 2.32. The third kappa shape index (κ3) is 6.03. The van der Waals surface area contributed by atoms with Crippen LogP contribution in [0.1, 0.15) is 39.0 Å². The molecule has 1 atom stereocenters. The molecule has 2 rings (SSSR count). The molecule has 24 heavy (non-hydrogen) atoms. The summed E-state index contributed by atoms with van der Waals surface area (Å²) in [4.78, 5) is 16.4. The first-order valence-corrected chi connectivity index (χ1v) is 9.80. The summed E-state index contributed by atoms with van der Waals surface area (Å²) in [7, 11) is 0. The van der Waals surface area contributed by atoms with E-state index in [4.69, 9.17) is 39.2 Å². The zero-order valence-corrected chi connectivity index (χ0v) is 16.3. The number of benzene rings is 1. The minimum absolute atomic E-state index is 0.147. The number of aromatic nitrogens is 1. The molecule has 1 amide bonds. The van der Waals surface area contributed by atoms with Gasteiger partial charge < -0.3 is 9.73 Å². The maximum absolute atomic E-state index is 12.1. The van der Waals surface area contributed by atoms with Crippen molar-refractivity contribution in [3.05, 3.63) is 24.3 Å². The quantitative estimate of drug-likeness (QED) is 0.263. The molecule has 0 unspecified atom stereocenters. The van der Waals surface area contributed by atoms with Gasteiger partial charge in [-0.1, -0.05) is 73.1 Å². The van der Waals surface area contributed by atoms with Gasteiger partial charge in [0.2, 0.25) is 9.70 Å². The zero-order valence-electron chi connectivity index (χ0n) is 13.2. The Morgan fingerprint density at radius 3 is 2.71 bits per heavy atom. The topological polar surface area (TPSA) is 55.1 Å². The summed E-state index contributed by atoms with van der Waals surface area (Å²) in [6.45, 7) is 2.12. The highest BCUT2D eigenvalue weighted by molar-refractivity contribution is 8.00. The molecule has 0 fully saturated rings. The predicted molar refractivity (Wildman–Crippen MR) is 101 cm³/mol. The lowest BCUT2D eigenvalue weighted by Crippen LogP contribution is -2.41. The lowest BCUT2D eigenvalue weighted by Gasteiger charge is -2.23. The predicted octanol–water partition coefficient (Wildman–Crippen LogP) is 5.70. The van der Waals surface area contributed by atoms with Gasteiger partial charge in [0.25, 0.3) is 5.22 Å². The Morgan fingerprint density at radius 2 is 2.04 bits per heavy atom. The van der Waals surface area contributed by atoms with Crippen LogP contribution in [0, 0.1) is 0 Å². The van der Waals surface area contributed by atoms with Crippen molar-refractivity contribution in [3.8, 4) is 0 Å². The van der Waals surface area contributed by atoms with E-state index in [1.807, 2.05) is 24.3 Å². The highest BCUT2D eigenvalue weighted by atomic mass is 35.6. The van der Waals surface area contributed by atoms with Gasteiger partial charge in [-0.05, 0) is 30.3 Å². The maximum Gasteiger partial charge on any atom is 0.258 e. The number of fused-ring (bicyclic) bond motifs is 1. The number of hydrogen-bond donors (Lipinski definition) is 1. The first kappa shape index (κ1) is 19.7. The SMILES string of the molecule is CCCCCCC(=O)N[C@H](Sc1nc2ccccc2o1)C(Cl)(Cl)Cl. The van der Waals surface area contributed by atoms with Gasteiger partial charge in [0.05, 0.1) is 0 Å². The highest BCUT2D eigenvalue weighted by Gasteiger charge is 2.36. The molecule has 4 nitrogen and oxygen atoms in total. The fraction of sp³-hybridized carbons (Fsp3) is 0.500. The second-order valence-electron chi connectivity index (χ2n) is 5.37. The standard InChI is InChI=1S/C16H19Cl3N2O2S/c1-2-3-4-5-10-13(22)21-14(16(17,18)19)24-15-20-11-8-6-7-9-12(11)23-15/h6-9,14H,2-5,10H2,1H3,(H,21,22)/t14-/m1/s1. The van der Waals surface area contributed by atoms with Crippen LogP contribution in [0.15, 0.2) is 33.9 Å². The van der Waals surface area contributed by atoms with E-state index in [1.165, 1.54) is 0 Å². The number of thioether (sulfide) groups is 1. The van der Waals surface area contributed by atoms with E-state index in [1.54, 1.807) is 0 Å². The number of rotatable bonds is 8. The summed E-state index contributed by atoms with van der Waals surface area (Å²) in [6, 6.07) is 7.36. The van der Waals surface area contributed by atoms with E-state index < -0.39 is 9.17 Å². The van der Waals surface area contributed by atoms with Crippen molar-refractivity contribution in [1.82, 2.24) is 10.3 Å². The third-order valence-electron chi connectivity index (χ3n) is 3.34. The fourth-order valence-corrected chi connectivity index (χ4v) is 3.49. The number of carbonyl (C=O) groups excluding carboxylic acids is 1. The number of hydrogen-bond acceptors (Lipinski definition) is 4. The summed E-state index contributed by atoms with van der Waals surface area (Å²) < 4.78 is 3.94. The molecule has 0 aliphatic rings. The van der Waals surface area contributed by atoms with E-state index in [9.17, 15) is 4.79 Å². The molecule has 0 saturated carbocycles. The van der Waals surface area contributed by atoms with Crippen LogP contribution in [0.5, 0.6) is 0 Å². The largest absolute Gasteiger partial charge is 0.431 e. The van der Waals surface area contributed by atoms with Crippen molar-refractivity contribution in [2.24, 2.45) is 0 Å². The molecule has 0 bridgehead atoms. The van der Waals surface area contributed by atoms with Crippen molar-refractivity contribution in [3.63, 3.8) is 0 Å². The van der Waals surface area contributed by atoms with Crippen LogP contribution in [0.3, 0.4) is 0 Å². The van der Waals surface area contributed by atoms with Gasteiger partial charge in [-0.25, -0.2) is 4.98 Å². The van der Waals surface area contributed by atoms with Crippen LogP contribution in [-0.4, -0.2) is 20.1 Å². The van der Waals surface area contributed by atoms with Gasteiger partial charge >= 0.3 is 0 Å². The molecule has 0 aliphatic heterocycles. The number of alkyl halides is 3. The van der Waals surface area contributed by atoms with E-state index in [2.05, 4.69) is 17.2 Å². The molecule has 2 aromatic rings. The summed E-state index contributed by atoms with van der Waals surface area (Å²) in [5.41, 5.74) is 1.36. The van der Waals surface area contributed by atoms with E-state index in [-0.39, 0.29) is 5.91 Å². The van der Waals surface area contributed by atoms with Crippen molar-refractivity contribution >= 4 is 63.6 Å². The van der Waals surface area contributed by atoms with E-state index in [0.717, 1.165) is 37.4 Å². The van der Waals surface area contributed by atoms with Gasteiger partial charge in [-0.15, -0.1) is 0 Å². The van der Waals surface area contributed by atoms with Crippen LogP contribution in [-0.2, 0) is 4.79 Å². The first-order valence-electron chi connectivity index (χ1n) is 7.78. The second kappa shape index (κ2) is 9.18. The number of amides is 1. The Kier molecular flexibility index (Phi) is 7.54. The molecule has 1 N–H and O–H groups in total. The second-order valence-corrected chi connectivity index (χ2v) is 8.79. The minimum Gasteiger partial charge on any atom is -0.431 e. The molecule has 1 aromatic heterocycles. The Morgan fingerprint density at radius 1 is 1.29 bits per heavy atom. The summed E-state index contributed by atoms with van der Waals surface area (Å²) >= 11 is 19.1. The molecule has 0 saturated heterocycles. The van der Waals surface area contributed by atoms with Gasteiger partial charge in [-0.3, -0.25) is 4.79 Å². The zero-order chi connectivity index (χ0) is 17.6. The number of halogens is 3. The maximum atomic E-state index is 12.1. The fourth-order valence-electron chi connectivity index (χ4n) is 2.11. The van der Waals surface area contributed by atoms with Crippen LogP contribution in [0.25, 0.3) is 11.1 Å². The number of para-hydroxylation sites is 2. The molecule has 1 aromatic carbocycles. The summed E-state index contributed by atoms with van der Waals surface area (Å²) in [5.74, 6) is -0.147. The van der Waals surface area contributed by atoms with E-state index in [0.29, 0.717) is 22.7 Å². The Labute approximate surface area is 160 Å². The summed E-state index contributed by atoms with van der Waals surface area (Å²) in [6.07, 6.45) is 4.47. The van der Waals surface area contributed by atoms with E-state index >= 15 is 0 Å². The number of nitrogens with one attached hydrogen (secondary N) is 1. The third-order valence-corrected chi connectivity index (χ3v) is 5.47. The van der Waals surface area contributed by atoms with Gasteiger partial charge in [0, 0.05) is 6.42 Å². The molecule has 8 heteroatoms. The molecule has 0 radical (unpaired) electrons. The average molecular weight is 410 g/mol. The smallest absolute Gasteiger partial charge is 0.258 e. The van der Waals surface area contributed by atoms with Crippen LogP contribution in [0.2, 0.25) is 0 Å².